The molecule has 2 N–H and O–H groups in total. The molecule has 0 atom stereocenters. The van der Waals surface area contributed by atoms with Crippen molar-refractivity contribution < 1.29 is 14.6 Å². The maximum atomic E-state index is 12.1. The van der Waals surface area contributed by atoms with Gasteiger partial charge in [-0.1, -0.05) is 24.0 Å². The third kappa shape index (κ3) is 6.91. The predicted molar refractivity (Wildman–Crippen MR) is 82.1 cm³/mol. The Hall–Kier alpha value is -1.87. The third-order valence-electron chi connectivity index (χ3n) is 2.69. The average molecular weight is 290 g/mol. The van der Waals surface area contributed by atoms with Gasteiger partial charge in [0.15, 0.2) is 0 Å². The fraction of sp³-hybridized carbons (Fsp3) is 0.438. The summed E-state index contributed by atoms with van der Waals surface area (Å²) in [4.78, 5) is 14.1. The van der Waals surface area contributed by atoms with Crippen LogP contribution in [0.15, 0.2) is 24.3 Å². The van der Waals surface area contributed by atoms with Crippen molar-refractivity contribution in [3.8, 4) is 11.8 Å². The topological polar surface area (TPSA) is 61.8 Å². The van der Waals surface area contributed by atoms with Crippen molar-refractivity contribution >= 4 is 5.91 Å². The van der Waals surface area contributed by atoms with Crippen LogP contribution >= 0.6 is 0 Å². The van der Waals surface area contributed by atoms with E-state index in [-0.39, 0.29) is 12.5 Å². The van der Waals surface area contributed by atoms with Gasteiger partial charge in [-0.25, -0.2) is 0 Å². The van der Waals surface area contributed by atoms with Crippen molar-refractivity contribution in [2.24, 2.45) is 0 Å². The Morgan fingerprint density at radius 1 is 1.33 bits per heavy atom. The smallest absolute Gasteiger partial charge is 0.252 e. The van der Waals surface area contributed by atoms with E-state index >= 15 is 0 Å². The number of aliphatic hydroxyl groups excluding tert-OH is 1. The highest BCUT2D eigenvalue weighted by Gasteiger charge is 2.08. The fourth-order valence-corrected chi connectivity index (χ4v) is 1.61. The third-order valence-corrected chi connectivity index (χ3v) is 2.69. The van der Waals surface area contributed by atoms with Gasteiger partial charge in [-0.2, -0.15) is 0 Å². The minimum Gasteiger partial charge on any atom is -0.384 e. The summed E-state index contributed by atoms with van der Waals surface area (Å²) in [6.45, 7) is 2.20. The molecule has 0 heterocycles. The number of carbonyl (C=O) groups excluding carboxylic acids is 1. The van der Waals surface area contributed by atoms with Gasteiger partial charge in [-0.05, 0) is 26.2 Å². The maximum absolute atomic E-state index is 12.1. The molecule has 0 aliphatic rings. The van der Waals surface area contributed by atoms with Crippen molar-refractivity contribution in [2.45, 2.75) is 0 Å². The molecule has 0 aliphatic heterocycles. The lowest BCUT2D eigenvalue weighted by Crippen LogP contribution is -2.28. The Labute approximate surface area is 125 Å². The van der Waals surface area contributed by atoms with Crippen molar-refractivity contribution in [3.05, 3.63) is 35.4 Å². The van der Waals surface area contributed by atoms with Crippen LogP contribution < -0.4 is 5.32 Å². The van der Waals surface area contributed by atoms with Gasteiger partial charge in [0, 0.05) is 18.7 Å². The minimum absolute atomic E-state index is 0.186. The van der Waals surface area contributed by atoms with Crippen molar-refractivity contribution in [1.82, 2.24) is 10.2 Å². The first-order valence-electron chi connectivity index (χ1n) is 6.84. The number of amides is 1. The Balaban J connectivity index is 2.42. The van der Waals surface area contributed by atoms with Crippen LogP contribution in [0, 0.1) is 11.8 Å². The van der Waals surface area contributed by atoms with Crippen LogP contribution in [0.3, 0.4) is 0 Å². The largest absolute Gasteiger partial charge is 0.384 e. The molecule has 0 bridgehead atoms. The number of rotatable bonds is 7. The van der Waals surface area contributed by atoms with E-state index in [0.717, 1.165) is 6.54 Å². The SMILES string of the molecule is CN(C)CCOCCNC(=O)c1ccccc1C#CCO. The molecule has 1 aromatic rings. The number of aliphatic hydroxyl groups is 1. The highest BCUT2D eigenvalue weighted by molar-refractivity contribution is 5.96. The molecule has 0 fully saturated rings. The second-order valence-corrected chi connectivity index (χ2v) is 4.68. The summed E-state index contributed by atoms with van der Waals surface area (Å²) in [7, 11) is 3.96. The van der Waals surface area contributed by atoms with E-state index in [4.69, 9.17) is 9.84 Å². The van der Waals surface area contributed by atoms with Gasteiger partial charge in [0.1, 0.15) is 6.61 Å². The quantitative estimate of drug-likeness (QED) is 0.561. The van der Waals surface area contributed by atoms with Gasteiger partial charge in [0.25, 0.3) is 5.91 Å². The number of likely N-dealkylation sites (N-methyl/N-ethyl adjacent to an activating group) is 1. The van der Waals surface area contributed by atoms with E-state index < -0.39 is 0 Å². The molecule has 0 aliphatic carbocycles. The molecular weight excluding hydrogens is 268 g/mol. The average Bonchev–Trinajstić information content (AvgIpc) is 2.48. The first-order valence-corrected chi connectivity index (χ1v) is 6.84. The van der Waals surface area contributed by atoms with E-state index in [2.05, 4.69) is 17.2 Å². The summed E-state index contributed by atoms with van der Waals surface area (Å²) >= 11 is 0. The van der Waals surface area contributed by atoms with Crippen LogP contribution in [0.5, 0.6) is 0 Å². The lowest BCUT2D eigenvalue weighted by Gasteiger charge is -2.10. The monoisotopic (exact) mass is 290 g/mol. The molecule has 0 unspecified atom stereocenters. The standard InChI is InChI=1S/C16H22N2O3/c1-18(2)10-13-21-12-9-17-16(20)15-8-4-3-6-14(15)7-5-11-19/h3-4,6,8,19H,9-13H2,1-2H3,(H,17,20). The molecule has 1 aromatic carbocycles. The summed E-state index contributed by atoms with van der Waals surface area (Å²) < 4.78 is 5.41. The van der Waals surface area contributed by atoms with Gasteiger partial charge in [0.2, 0.25) is 0 Å². The predicted octanol–water partition coefficient (Wildman–Crippen LogP) is 0.338. The van der Waals surface area contributed by atoms with Gasteiger partial charge in [-0.15, -0.1) is 0 Å². The molecule has 0 radical (unpaired) electrons. The summed E-state index contributed by atoms with van der Waals surface area (Å²) in [6, 6.07) is 7.06. The molecule has 0 saturated heterocycles. The van der Waals surface area contributed by atoms with Crippen LogP contribution in [-0.2, 0) is 4.74 Å². The molecule has 5 heteroatoms. The summed E-state index contributed by atoms with van der Waals surface area (Å²) in [5.74, 6) is 5.13. The zero-order valence-electron chi connectivity index (χ0n) is 12.6. The Morgan fingerprint density at radius 2 is 2.10 bits per heavy atom. The zero-order valence-corrected chi connectivity index (χ0v) is 12.6. The van der Waals surface area contributed by atoms with Gasteiger partial charge >= 0.3 is 0 Å². The Morgan fingerprint density at radius 3 is 2.81 bits per heavy atom. The maximum Gasteiger partial charge on any atom is 0.252 e. The summed E-state index contributed by atoms with van der Waals surface area (Å²) in [5.41, 5.74) is 1.12. The molecule has 0 aromatic heterocycles. The molecule has 1 amide bonds. The normalized spacial score (nSPS) is 10.1. The van der Waals surface area contributed by atoms with Crippen LogP contribution in [0.1, 0.15) is 15.9 Å². The zero-order chi connectivity index (χ0) is 15.5. The van der Waals surface area contributed by atoms with E-state index in [1.807, 2.05) is 25.1 Å². The number of hydrogen-bond acceptors (Lipinski definition) is 4. The summed E-state index contributed by atoms with van der Waals surface area (Å²) in [5, 5.41) is 11.5. The van der Waals surface area contributed by atoms with E-state index in [9.17, 15) is 4.79 Å². The number of nitrogens with zero attached hydrogens (tertiary/aromatic N) is 1. The number of benzene rings is 1. The second kappa shape index (κ2) is 9.94. The highest BCUT2D eigenvalue weighted by atomic mass is 16.5. The van der Waals surface area contributed by atoms with Gasteiger partial charge < -0.3 is 20.1 Å². The molecule has 1 rings (SSSR count). The molecule has 5 nitrogen and oxygen atoms in total. The lowest BCUT2D eigenvalue weighted by molar-refractivity contribution is 0.0900. The van der Waals surface area contributed by atoms with E-state index in [1.54, 1.807) is 18.2 Å². The number of carbonyl (C=O) groups is 1. The van der Waals surface area contributed by atoms with Crippen molar-refractivity contribution in [1.29, 1.82) is 0 Å². The van der Waals surface area contributed by atoms with Crippen LogP contribution in [0.2, 0.25) is 0 Å². The van der Waals surface area contributed by atoms with Crippen LogP contribution in [0.4, 0.5) is 0 Å². The van der Waals surface area contributed by atoms with E-state index in [0.29, 0.717) is 30.9 Å². The van der Waals surface area contributed by atoms with Crippen molar-refractivity contribution in [2.75, 3.05) is 47.0 Å². The van der Waals surface area contributed by atoms with Crippen LogP contribution in [0.25, 0.3) is 0 Å². The molecule has 21 heavy (non-hydrogen) atoms. The summed E-state index contributed by atoms with van der Waals surface area (Å²) in [6.07, 6.45) is 0. The molecular formula is C16H22N2O3. The Kier molecular flexibility index (Phi) is 8.14. The highest BCUT2D eigenvalue weighted by Crippen LogP contribution is 2.06. The van der Waals surface area contributed by atoms with Crippen molar-refractivity contribution in [3.63, 3.8) is 0 Å². The van der Waals surface area contributed by atoms with Gasteiger partial charge in [0.05, 0.1) is 18.8 Å². The number of hydrogen-bond donors (Lipinski definition) is 2. The molecule has 114 valence electrons. The fourth-order valence-electron chi connectivity index (χ4n) is 1.61. The molecule has 0 saturated carbocycles. The number of nitrogens with one attached hydrogen (secondary N) is 1. The first kappa shape index (κ1) is 17.2. The second-order valence-electron chi connectivity index (χ2n) is 4.68. The van der Waals surface area contributed by atoms with E-state index in [1.165, 1.54) is 0 Å². The number of ether oxygens (including phenoxy) is 1. The van der Waals surface area contributed by atoms with Gasteiger partial charge in [-0.3, -0.25) is 4.79 Å². The lowest BCUT2D eigenvalue weighted by atomic mass is 10.1. The first-order chi connectivity index (χ1) is 10.1. The molecule has 0 spiro atoms. The van der Waals surface area contributed by atoms with Crippen LogP contribution in [-0.4, -0.2) is 62.9 Å². The Bertz CT molecular complexity index is 504. The minimum atomic E-state index is -0.227.